The number of anilines is 1. The number of hydrogen-bond donors (Lipinski definition) is 2. The summed E-state index contributed by atoms with van der Waals surface area (Å²) in [5.74, 6) is -0.391. The van der Waals surface area contributed by atoms with Gasteiger partial charge in [-0.25, -0.2) is 4.98 Å². The minimum Gasteiger partial charge on any atom is -0.463 e. The summed E-state index contributed by atoms with van der Waals surface area (Å²) in [4.78, 5) is 48.3. The molecule has 2 rings (SSSR count). The summed E-state index contributed by atoms with van der Waals surface area (Å²) in [5, 5.41) is 2.69. The van der Waals surface area contributed by atoms with Gasteiger partial charge in [0.2, 0.25) is 11.9 Å². The zero-order valence-electron chi connectivity index (χ0n) is 33.2. The number of esters is 1. The van der Waals surface area contributed by atoms with E-state index in [1.807, 2.05) is 0 Å². The standard InChI is InChI=1S/C44H67N5O5/c1-3-5-7-9-11-13-15-17-19-21-23-25-27-29-31-33-39(50)46-44-47-42-41(43(52)48-44)45-37-49(42)38-53-35-36-54-40(51)34-32-30-28-26-24-22-20-18-16-14-12-10-8-6-4-2/h11-14,17-20,23-26,37H,3-10,15-16,21-22,27-36,38H2,1-2H3,(H2,46,47,48,50,52)/b13-11+,14-12+,19-17+,20-18+,25-23+,26-24+. The van der Waals surface area contributed by atoms with Gasteiger partial charge >= 0.3 is 5.97 Å². The monoisotopic (exact) mass is 746 g/mol. The molecule has 0 saturated carbocycles. The van der Waals surface area contributed by atoms with Crippen molar-refractivity contribution in [3.63, 3.8) is 0 Å². The lowest BCUT2D eigenvalue weighted by molar-refractivity contribution is -0.145. The van der Waals surface area contributed by atoms with Crippen molar-refractivity contribution in [2.75, 3.05) is 18.5 Å². The first-order valence-corrected chi connectivity index (χ1v) is 20.4. The lowest BCUT2D eigenvalue weighted by atomic mass is 10.1. The second-order valence-electron chi connectivity index (χ2n) is 13.4. The second kappa shape index (κ2) is 32.1. The van der Waals surface area contributed by atoms with Crippen LogP contribution in [0.1, 0.15) is 142 Å². The molecule has 0 aromatic carbocycles. The highest BCUT2D eigenvalue weighted by Gasteiger charge is 2.12. The Balaban J connectivity index is 1.55. The van der Waals surface area contributed by atoms with Gasteiger partial charge in [0.15, 0.2) is 11.2 Å². The Morgan fingerprint density at radius 2 is 1.19 bits per heavy atom. The molecule has 10 heteroatoms. The Hall–Kier alpha value is -4.31. The second-order valence-corrected chi connectivity index (χ2v) is 13.4. The summed E-state index contributed by atoms with van der Waals surface area (Å²) in [6, 6.07) is 0. The molecule has 0 saturated heterocycles. The van der Waals surface area contributed by atoms with Crippen LogP contribution in [0.3, 0.4) is 0 Å². The Morgan fingerprint density at radius 3 is 1.72 bits per heavy atom. The number of amides is 1. The first-order valence-electron chi connectivity index (χ1n) is 20.4. The number of carbonyl (C=O) groups is 2. The normalized spacial score (nSPS) is 12.3. The number of nitrogens with zero attached hydrogens (tertiary/aromatic N) is 3. The zero-order valence-corrected chi connectivity index (χ0v) is 33.2. The SMILES string of the molecule is CCCCC/C=C/C/C=C/C/C=C/CCCCC(=O)Nc1nc2c(ncn2COCCOC(=O)CCCC/C=C/C/C=C/C/C=C/CCCCC)c(=O)[nH]1. The number of fused-ring (bicyclic) bond motifs is 1. The predicted molar refractivity (Wildman–Crippen MR) is 222 cm³/mol. The van der Waals surface area contributed by atoms with Crippen molar-refractivity contribution in [2.24, 2.45) is 0 Å². The lowest BCUT2D eigenvalue weighted by Gasteiger charge is -2.08. The van der Waals surface area contributed by atoms with Crippen molar-refractivity contribution < 1.29 is 19.1 Å². The van der Waals surface area contributed by atoms with E-state index >= 15 is 0 Å². The molecule has 54 heavy (non-hydrogen) atoms. The molecule has 2 heterocycles. The Bertz CT molecular complexity index is 1530. The molecular formula is C44H67N5O5. The number of carbonyl (C=O) groups excluding carboxylic acids is 2. The number of aromatic nitrogens is 4. The molecule has 0 aliphatic carbocycles. The quantitative estimate of drug-likeness (QED) is 0.0433. The number of imidazole rings is 1. The largest absolute Gasteiger partial charge is 0.463 e. The van der Waals surface area contributed by atoms with Crippen molar-refractivity contribution in [1.82, 2.24) is 19.5 Å². The third-order valence-corrected chi connectivity index (χ3v) is 8.52. The van der Waals surface area contributed by atoms with Crippen LogP contribution in [0.2, 0.25) is 0 Å². The number of allylic oxidation sites excluding steroid dienone is 12. The van der Waals surface area contributed by atoms with Crippen LogP contribution in [-0.2, 0) is 25.8 Å². The predicted octanol–water partition coefficient (Wildman–Crippen LogP) is 10.8. The van der Waals surface area contributed by atoms with Crippen LogP contribution in [0.4, 0.5) is 5.95 Å². The molecule has 0 atom stereocenters. The number of H-pyrrole nitrogens is 1. The molecule has 0 fully saturated rings. The third kappa shape index (κ3) is 23.4. The zero-order chi connectivity index (χ0) is 38.7. The molecule has 0 radical (unpaired) electrons. The molecule has 0 unspecified atom stereocenters. The lowest BCUT2D eigenvalue weighted by Crippen LogP contribution is -2.19. The highest BCUT2D eigenvalue weighted by molar-refractivity contribution is 5.89. The van der Waals surface area contributed by atoms with E-state index < -0.39 is 5.56 Å². The highest BCUT2D eigenvalue weighted by Crippen LogP contribution is 2.10. The smallest absolute Gasteiger partial charge is 0.305 e. The van der Waals surface area contributed by atoms with E-state index in [2.05, 4.69) is 107 Å². The summed E-state index contributed by atoms with van der Waals surface area (Å²) in [6.45, 7) is 4.83. The van der Waals surface area contributed by atoms with E-state index in [1.54, 1.807) is 4.57 Å². The van der Waals surface area contributed by atoms with Gasteiger partial charge in [0.25, 0.3) is 5.56 Å². The highest BCUT2D eigenvalue weighted by atomic mass is 16.6. The van der Waals surface area contributed by atoms with Crippen molar-refractivity contribution in [3.8, 4) is 0 Å². The molecular weight excluding hydrogens is 679 g/mol. The van der Waals surface area contributed by atoms with Gasteiger partial charge in [-0.1, -0.05) is 112 Å². The van der Waals surface area contributed by atoms with E-state index in [-0.39, 0.29) is 43.3 Å². The maximum atomic E-state index is 12.6. The van der Waals surface area contributed by atoms with E-state index in [0.29, 0.717) is 18.5 Å². The van der Waals surface area contributed by atoms with Crippen LogP contribution in [0.5, 0.6) is 0 Å². The van der Waals surface area contributed by atoms with E-state index in [0.717, 1.165) is 64.2 Å². The molecule has 298 valence electrons. The van der Waals surface area contributed by atoms with Gasteiger partial charge in [0.05, 0.1) is 12.9 Å². The molecule has 2 N–H and O–H groups in total. The number of ether oxygens (including phenoxy) is 2. The van der Waals surface area contributed by atoms with Crippen LogP contribution >= 0.6 is 0 Å². The van der Waals surface area contributed by atoms with Crippen LogP contribution in [-0.4, -0.2) is 44.6 Å². The number of rotatable bonds is 32. The van der Waals surface area contributed by atoms with Gasteiger partial charge in [-0.2, -0.15) is 4.98 Å². The molecule has 10 nitrogen and oxygen atoms in total. The molecule has 1 amide bonds. The van der Waals surface area contributed by atoms with Crippen molar-refractivity contribution in [3.05, 3.63) is 89.6 Å². The van der Waals surface area contributed by atoms with Crippen molar-refractivity contribution in [1.29, 1.82) is 0 Å². The number of aromatic amines is 1. The fourth-order valence-electron chi connectivity index (χ4n) is 5.41. The van der Waals surface area contributed by atoms with Gasteiger partial charge in [-0.3, -0.25) is 29.3 Å². The fraction of sp³-hybridized carbons (Fsp3) is 0.568. The average Bonchev–Trinajstić information content (AvgIpc) is 3.57. The fourth-order valence-corrected chi connectivity index (χ4v) is 5.41. The number of nitrogens with one attached hydrogen (secondary N) is 2. The molecule has 0 aliphatic heterocycles. The summed E-state index contributed by atoms with van der Waals surface area (Å²) in [7, 11) is 0. The number of unbranched alkanes of at least 4 members (excludes halogenated alkanes) is 10. The summed E-state index contributed by atoms with van der Waals surface area (Å²) in [6.07, 6.45) is 47.6. The number of hydrogen-bond acceptors (Lipinski definition) is 7. The van der Waals surface area contributed by atoms with Gasteiger partial charge in [0, 0.05) is 12.8 Å². The van der Waals surface area contributed by atoms with Gasteiger partial charge < -0.3 is 9.47 Å². The van der Waals surface area contributed by atoms with E-state index in [9.17, 15) is 14.4 Å². The minimum absolute atomic E-state index is 0.0641. The maximum absolute atomic E-state index is 12.6. The topological polar surface area (TPSA) is 128 Å². The third-order valence-electron chi connectivity index (χ3n) is 8.52. The van der Waals surface area contributed by atoms with E-state index in [4.69, 9.17) is 9.47 Å². The average molecular weight is 746 g/mol. The van der Waals surface area contributed by atoms with Gasteiger partial charge in [-0.15, -0.1) is 0 Å². The first kappa shape index (κ1) is 45.8. The van der Waals surface area contributed by atoms with Gasteiger partial charge in [-0.05, 0) is 89.9 Å². The van der Waals surface area contributed by atoms with Crippen LogP contribution in [0, 0.1) is 0 Å². The van der Waals surface area contributed by atoms with Crippen molar-refractivity contribution in [2.45, 2.75) is 149 Å². The van der Waals surface area contributed by atoms with Crippen molar-refractivity contribution >= 4 is 29.0 Å². The Morgan fingerprint density at radius 1 is 0.685 bits per heavy atom. The molecule has 2 aromatic heterocycles. The van der Waals surface area contributed by atoms with Crippen LogP contribution < -0.4 is 10.9 Å². The van der Waals surface area contributed by atoms with Crippen LogP contribution in [0.25, 0.3) is 11.2 Å². The molecule has 0 aliphatic rings. The molecule has 0 spiro atoms. The summed E-state index contributed by atoms with van der Waals surface area (Å²) >= 11 is 0. The molecule has 2 aromatic rings. The summed E-state index contributed by atoms with van der Waals surface area (Å²) < 4.78 is 12.5. The Labute approximate surface area is 324 Å². The minimum atomic E-state index is -0.450. The van der Waals surface area contributed by atoms with Crippen LogP contribution in [0.15, 0.2) is 84.0 Å². The van der Waals surface area contributed by atoms with E-state index in [1.165, 1.54) is 57.7 Å². The van der Waals surface area contributed by atoms with Gasteiger partial charge in [0.1, 0.15) is 13.3 Å². The molecule has 0 bridgehead atoms. The Kier molecular flexibility index (Phi) is 27.3. The summed E-state index contributed by atoms with van der Waals surface area (Å²) in [5.41, 5.74) is -0.00617. The maximum Gasteiger partial charge on any atom is 0.305 e. The first-order chi connectivity index (χ1) is 26.5.